The van der Waals surface area contributed by atoms with Crippen molar-refractivity contribution >= 4 is 17.4 Å². The zero-order valence-electron chi connectivity index (χ0n) is 14.0. The lowest BCUT2D eigenvalue weighted by Gasteiger charge is -2.33. The first kappa shape index (κ1) is 16.9. The lowest BCUT2D eigenvalue weighted by molar-refractivity contribution is -0.120. The van der Waals surface area contributed by atoms with Gasteiger partial charge in [-0.15, -0.1) is 0 Å². The molecular formula is C19H19FN4O. The average Bonchev–Trinajstić information content (AvgIpc) is 2.63. The quantitative estimate of drug-likeness (QED) is 0.933. The van der Waals surface area contributed by atoms with Gasteiger partial charge in [-0.1, -0.05) is 6.07 Å². The summed E-state index contributed by atoms with van der Waals surface area (Å²) in [4.78, 5) is 18.6. The first-order valence-corrected chi connectivity index (χ1v) is 8.25. The van der Waals surface area contributed by atoms with Gasteiger partial charge in [0.1, 0.15) is 17.7 Å². The summed E-state index contributed by atoms with van der Waals surface area (Å²) in [5.74, 6) is 0.0180. The van der Waals surface area contributed by atoms with Gasteiger partial charge >= 0.3 is 0 Å². The minimum absolute atomic E-state index is 0.0318. The van der Waals surface area contributed by atoms with Crippen molar-refractivity contribution in [1.82, 2.24) is 4.98 Å². The number of amides is 1. The molecule has 0 atom stereocenters. The third kappa shape index (κ3) is 3.94. The van der Waals surface area contributed by atoms with Crippen LogP contribution in [0, 0.1) is 30.0 Å². The summed E-state index contributed by atoms with van der Waals surface area (Å²) in [5.41, 5.74) is 2.09. The molecule has 0 unspecified atom stereocenters. The standard InChI is InChI=1S/C19H19FN4O/c1-13-2-5-18(22-12-13)23-19(25)14-6-8-24(9-7-14)17-4-3-16(20)10-15(17)11-21/h2-5,10,12,14H,6-9H2,1H3,(H,22,23,25). The van der Waals surface area contributed by atoms with Gasteiger partial charge in [0, 0.05) is 25.2 Å². The number of aromatic nitrogens is 1. The Morgan fingerprint density at radius 2 is 2.08 bits per heavy atom. The van der Waals surface area contributed by atoms with E-state index >= 15 is 0 Å². The van der Waals surface area contributed by atoms with Gasteiger partial charge in [0.25, 0.3) is 0 Å². The lowest BCUT2D eigenvalue weighted by Crippen LogP contribution is -2.38. The van der Waals surface area contributed by atoms with Gasteiger partial charge in [-0.3, -0.25) is 4.79 Å². The van der Waals surface area contributed by atoms with Crippen molar-refractivity contribution in [3.8, 4) is 6.07 Å². The van der Waals surface area contributed by atoms with Gasteiger partial charge in [-0.2, -0.15) is 5.26 Å². The number of hydrogen-bond acceptors (Lipinski definition) is 4. The molecule has 1 aliphatic heterocycles. The molecule has 1 aliphatic rings. The Balaban J connectivity index is 1.61. The van der Waals surface area contributed by atoms with Crippen molar-refractivity contribution < 1.29 is 9.18 Å². The summed E-state index contributed by atoms with van der Waals surface area (Å²) >= 11 is 0. The molecule has 5 nitrogen and oxygen atoms in total. The van der Waals surface area contributed by atoms with Gasteiger partial charge in [0.15, 0.2) is 0 Å². The molecule has 0 bridgehead atoms. The number of benzene rings is 1. The predicted octanol–water partition coefficient (Wildman–Crippen LogP) is 3.26. The van der Waals surface area contributed by atoms with E-state index in [1.807, 2.05) is 24.0 Å². The summed E-state index contributed by atoms with van der Waals surface area (Å²) in [6.45, 7) is 3.25. The molecule has 3 rings (SSSR count). The fourth-order valence-corrected chi connectivity index (χ4v) is 3.03. The van der Waals surface area contributed by atoms with E-state index in [4.69, 9.17) is 0 Å². The van der Waals surface area contributed by atoms with Crippen LogP contribution >= 0.6 is 0 Å². The Labute approximate surface area is 146 Å². The number of carbonyl (C=O) groups is 1. The van der Waals surface area contributed by atoms with E-state index in [-0.39, 0.29) is 11.8 Å². The number of rotatable bonds is 3. The zero-order valence-corrected chi connectivity index (χ0v) is 14.0. The molecule has 128 valence electrons. The van der Waals surface area contributed by atoms with E-state index in [1.54, 1.807) is 18.3 Å². The summed E-state index contributed by atoms with van der Waals surface area (Å²) in [5, 5.41) is 12.0. The monoisotopic (exact) mass is 338 g/mol. The van der Waals surface area contributed by atoms with E-state index in [2.05, 4.69) is 10.3 Å². The van der Waals surface area contributed by atoms with Gasteiger partial charge < -0.3 is 10.2 Å². The minimum atomic E-state index is -0.417. The second-order valence-electron chi connectivity index (χ2n) is 6.24. The smallest absolute Gasteiger partial charge is 0.228 e. The van der Waals surface area contributed by atoms with E-state index < -0.39 is 5.82 Å². The molecule has 25 heavy (non-hydrogen) atoms. The van der Waals surface area contributed by atoms with Crippen molar-refractivity contribution in [3.05, 3.63) is 53.5 Å². The van der Waals surface area contributed by atoms with Crippen molar-refractivity contribution in [2.75, 3.05) is 23.3 Å². The number of pyridine rings is 1. The largest absolute Gasteiger partial charge is 0.370 e. The van der Waals surface area contributed by atoms with Crippen LogP contribution in [0.4, 0.5) is 15.9 Å². The fraction of sp³-hybridized carbons (Fsp3) is 0.316. The Bertz CT molecular complexity index is 805. The SMILES string of the molecule is Cc1ccc(NC(=O)C2CCN(c3ccc(F)cc3C#N)CC2)nc1. The normalized spacial score (nSPS) is 14.8. The highest BCUT2D eigenvalue weighted by molar-refractivity contribution is 5.91. The second kappa shape index (κ2) is 7.31. The molecule has 1 aromatic carbocycles. The van der Waals surface area contributed by atoms with Crippen molar-refractivity contribution in [1.29, 1.82) is 5.26 Å². The topological polar surface area (TPSA) is 69.0 Å². The highest BCUT2D eigenvalue weighted by Gasteiger charge is 2.26. The third-order valence-electron chi connectivity index (χ3n) is 4.45. The van der Waals surface area contributed by atoms with Crippen LogP contribution in [0.1, 0.15) is 24.0 Å². The highest BCUT2D eigenvalue weighted by Crippen LogP contribution is 2.27. The maximum atomic E-state index is 13.3. The average molecular weight is 338 g/mol. The molecule has 0 radical (unpaired) electrons. The lowest BCUT2D eigenvalue weighted by atomic mass is 9.95. The molecule has 1 fully saturated rings. The molecule has 0 saturated carbocycles. The summed E-state index contributed by atoms with van der Waals surface area (Å²) in [7, 11) is 0. The molecule has 1 amide bonds. The van der Waals surface area contributed by atoms with Gasteiger partial charge in [-0.25, -0.2) is 9.37 Å². The Kier molecular flexibility index (Phi) is 4.94. The maximum Gasteiger partial charge on any atom is 0.228 e. The molecule has 0 aliphatic carbocycles. The molecule has 2 aromatic rings. The van der Waals surface area contributed by atoms with Crippen LogP contribution in [0.5, 0.6) is 0 Å². The third-order valence-corrected chi connectivity index (χ3v) is 4.45. The molecular weight excluding hydrogens is 319 g/mol. The first-order chi connectivity index (χ1) is 12.1. The van der Waals surface area contributed by atoms with Gasteiger partial charge in [0.2, 0.25) is 5.91 Å². The molecule has 0 spiro atoms. The minimum Gasteiger partial charge on any atom is -0.370 e. The number of nitrogens with zero attached hydrogens (tertiary/aromatic N) is 3. The van der Waals surface area contributed by atoms with Crippen LogP contribution in [0.2, 0.25) is 0 Å². The Morgan fingerprint density at radius 3 is 2.72 bits per heavy atom. The zero-order chi connectivity index (χ0) is 17.8. The summed E-state index contributed by atoms with van der Waals surface area (Å²) < 4.78 is 13.3. The molecule has 1 N–H and O–H groups in total. The van der Waals surface area contributed by atoms with Crippen LogP contribution in [0.15, 0.2) is 36.5 Å². The number of hydrogen-bond donors (Lipinski definition) is 1. The number of anilines is 2. The van der Waals surface area contributed by atoms with Crippen LogP contribution in [-0.2, 0) is 4.79 Å². The fourth-order valence-electron chi connectivity index (χ4n) is 3.03. The molecule has 2 heterocycles. The van der Waals surface area contributed by atoms with Crippen molar-refractivity contribution in [2.24, 2.45) is 5.92 Å². The number of nitrogens with one attached hydrogen (secondary N) is 1. The van der Waals surface area contributed by atoms with Gasteiger partial charge in [0.05, 0.1) is 11.3 Å². The second-order valence-corrected chi connectivity index (χ2v) is 6.24. The number of carbonyl (C=O) groups excluding carboxylic acids is 1. The summed E-state index contributed by atoms with van der Waals surface area (Å²) in [6.07, 6.45) is 3.08. The van der Waals surface area contributed by atoms with Crippen LogP contribution in [0.25, 0.3) is 0 Å². The number of halogens is 1. The number of aryl methyl sites for hydroxylation is 1. The Morgan fingerprint density at radius 1 is 1.32 bits per heavy atom. The van der Waals surface area contributed by atoms with E-state index in [0.717, 1.165) is 11.3 Å². The maximum absolute atomic E-state index is 13.3. The van der Waals surface area contributed by atoms with Gasteiger partial charge in [-0.05, 0) is 49.6 Å². The van der Waals surface area contributed by atoms with Crippen molar-refractivity contribution in [2.45, 2.75) is 19.8 Å². The number of piperidine rings is 1. The van der Waals surface area contributed by atoms with E-state index in [0.29, 0.717) is 37.3 Å². The molecule has 1 aromatic heterocycles. The highest BCUT2D eigenvalue weighted by atomic mass is 19.1. The molecule has 1 saturated heterocycles. The Hall–Kier alpha value is -2.94. The predicted molar refractivity (Wildman–Crippen MR) is 93.7 cm³/mol. The van der Waals surface area contributed by atoms with E-state index in [1.165, 1.54) is 12.1 Å². The van der Waals surface area contributed by atoms with E-state index in [9.17, 15) is 14.4 Å². The van der Waals surface area contributed by atoms with Crippen molar-refractivity contribution in [3.63, 3.8) is 0 Å². The first-order valence-electron chi connectivity index (χ1n) is 8.25. The van der Waals surface area contributed by atoms with Crippen LogP contribution in [0.3, 0.4) is 0 Å². The van der Waals surface area contributed by atoms with Crippen LogP contribution in [-0.4, -0.2) is 24.0 Å². The summed E-state index contributed by atoms with van der Waals surface area (Å²) in [6, 6.07) is 9.97. The number of nitriles is 1. The molecule has 6 heteroatoms. The van der Waals surface area contributed by atoms with Crippen LogP contribution < -0.4 is 10.2 Å².